The lowest BCUT2D eigenvalue weighted by Gasteiger charge is -2.24. The third-order valence-corrected chi connectivity index (χ3v) is 3.21. The lowest BCUT2D eigenvalue weighted by Crippen LogP contribution is -2.31. The third kappa shape index (κ3) is 5.42. The highest BCUT2D eigenvalue weighted by Gasteiger charge is 2.16. The van der Waals surface area contributed by atoms with Gasteiger partial charge in [0.2, 0.25) is 0 Å². The molecule has 0 fully saturated rings. The molecule has 0 aromatic heterocycles. The van der Waals surface area contributed by atoms with E-state index in [2.05, 4.69) is 19.2 Å². The highest BCUT2D eigenvalue weighted by Crippen LogP contribution is 2.29. The van der Waals surface area contributed by atoms with Crippen molar-refractivity contribution in [2.45, 2.75) is 40.2 Å². The van der Waals surface area contributed by atoms with Gasteiger partial charge in [-0.05, 0) is 19.3 Å². The van der Waals surface area contributed by atoms with Crippen LogP contribution in [0.2, 0.25) is 0 Å². The molecule has 0 aliphatic heterocycles. The third-order valence-electron chi connectivity index (χ3n) is 3.21. The van der Waals surface area contributed by atoms with Crippen LogP contribution in [-0.4, -0.2) is 25.9 Å². The Morgan fingerprint density at radius 3 is 2.57 bits per heavy atom. The van der Waals surface area contributed by atoms with Gasteiger partial charge in [0.15, 0.2) is 11.6 Å². The van der Waals surface area contributed by atoms with E-state index in [1.54, 1.807) is 6.07 Å². The van der Waals surface area contributed by atoms with E-state index in [1.165, 1.54) is 6.07 Å². The van der Waals surface area contributed by atoms with E-state index in [0.717, 1.165) is 6.42 Å². The van der Waals surface area contributed by atoms with Crippen LogP contribution in [0.4, 0.5) is 15.8 Å². The van der Waals surface area contributed by atoms with Crippen molar-refractivity contribution in [1.82, 2.24) is 0 Å². The predicted molar refractivity (Wildman–Crippen MR) is 85.3 cm³/mol. The average molecular weight is 298 g/mol. The summed E-state index contributed by atoms with van der Waals surface area (Å²) in [6.07, 6.45) is 0.825. The van der Waals surface area contributed by atoms with Crippen molar-refractivity contribution in [3.8, 4) is 5.75 Å². The second-order valence-corrected chi connectivity index (χ2v) is 5.37. The minimum atomic E-state index is -0.433. The van der Waals surface area contributed by atoms with Gasteiger partial charge >= 0.3 is 0 Å². The van der Waals surface area contributed by atoms with Crippen LogP contribution in [0.15, 0.2) is 12.1 Å². The Bertz CT molecular complexity index is 439. The van der Waals surface area contributed by atoms with E-state index in [1.807, 2.05) is 13.8 Å². The van der Waals surface area contributed by atoms with Crippen molar-refractivity contribution in [2.24, 2.45) is 5.92 Å². The van der Waals surface area contributed by atoms with Gasteiger partial charge in [-0.1, -0.05) is 20.8 Å². The van der Waals surface area contributed by atoms with E-state index in [-0.39, 0.29) is 11.8 Å². The monoisotopic (exact) mass is 298 g/mol. The molecule has 0 heterocycles. The molecule has 1 aromatic carbocycles. The maximum atomic E-state index is 13.8. The molecule has 1 atom stereocenters. The summed E-state index contributed by atoms with van der Waals surface area (Å²) in [6, 6.07) is 3.03. The zero-order valence-electron chi connectivity index (χ0n) is 13.4. The van der Waals surface area contributed by atoms with Gasteiger partial charge in [-0.3, -0.25) is 0 Å². The number of hydrogen-bond donors (Lipinski definition) is 2. The Morgan fingerprint density at radius 1 is 1.29 bits per heavy atom. The second kappa shape index (κ2) is 8.72. The van der Waals surface area contributed by atoms with Crippen molar-refractivity contribution in [1.29, 1.82) is 0 Å². The molecule has 21 heavy (non-hydrogen) atoms. The number of benzene rings is 1. The van der Waals surface area contributed by atoms with Gasteiger partial charge in [-0.15, -0.1) is 0 Å². The van der Waals surface area contributed by atoms with Crippen LogP contribution >= 0.6 is 0 Å². The first-order chi connectivity index (χ1) is 9.99. The van der Waals surface area contributed by atoms with Crippen molar-refractivity contribution < 1.29 is 13.9 Å². The number of nitrogens with two attached hydrogens (primary N) is 1. The maximum absolute atomic E-state index is 13.8. The highest BCUT2D eigenvalue weighted by molar-refractivity contribution is 5.69. The van der Waals surface area contributed by atoms with Gasteiger partial charge in [0.05, 0.1) is 30.6 Å². The zero-order chi connectivity index (χ0) is 15.8. The van der Waals surface area contributed by atoms with Crippen molar-refractivity contribution in [2.75, 3.05) is 30.9 Å². The molecule has 0 amide bonds. The quantitative estimate of drug-likeness (QED) is 0.683. The molecule has 0 spiro atoms. The van der Waals surface area contributed by atoms with E-state index in [4.69, 9.17) is 15.2 Å². The fraction of sp³-hybridized carbons (Fsp3) is 0.625. The molecule has 0 aliphatic rings. The van der Waals surface area contributed by atoms with Crippen LogP contribution < -0.4 is 15.8 Å². The maximum Gasteiger partial charge on any atom is 0.167 e. The zero-order valence-corrected chi connectivity index (χ0v) is 13.4. The number of hydrogen-bond acceptors (Lipinski definition) is 4. The molecule has 0 radical (unpaired) electrons. The van der Waals surface area contributed by atoms with Gasteiger partial charge in [0, 0.05) is 18.7 Å². The molecule has 0 aliphatic carbocycles. The van der Waals surface area contributed by atoms with Gasteiger partial charge < -0.3 is 20.5 Å². The molecule has 1 unspecified atom stereocenters. The lowest BCUT2D eigenvalue weighted by molar-refractivity contribution is 0.127. The van der Waals surface area contributed by atoms with Crippen LogP contribution in [0.3, 0.4) is 0 Å². The smallest absolute Gasteiger partial charge is 0.167 e. The topological polar surface area (TPSA) is 56.5 Å². The van der Waals surface area contributed by atoms with E-state index < -0.39 is 5.82 Å². The first-order valence-electron chi connectivity index (χ1n) is 7.55. The molecule has 3 N–H and O–H groups in total. The first kappa shape index (κ1) is 17.6. The van der Waals surface area contributed by atoms with E-state index in [0.29, 0.717) is 37.1 Å². The molecule has 5 heteroatoms. The Labute approximate surface area is 126 Å². The molecule has 0 bridgehead atoms. The number of ether oxygens (including phenoxy) is 2. The summed E-state index contributed by atoms with van der Waals surface area (Å²) in [4.78, 5) is 0. The summed E-state index contributed by atoms with van der Waals surface area (Å²) < 4.78 is 24.7. The van der Waals surface area contributed by atoms with Crippen LogP contribution in [0.1, 0.15) is 34.1 Å². The Kier molecular flexibility index (Phi) is 7.29. The summed E-state index contributed by atoms with van der Waals surface area (Å²) in [7, 11) is 0. The van der Waals surface area contributed by atoms with Crippen LogP contribution in [0.5, 0.6) is 5.75 Å². The Hall–Kier alpha value is -1.49. The number of halogens is 1. The van der Waals surface area contributed by atoms with Crippen LogP contribution in [0, 0.1) is 11.7 Å². The summed E-state index contributed by atoms with van der Waals surface area (Å²) in [6.45, 7) is 9.86. The standard InChI is InChI=1S/C16H27FN2O2/c1-5-7-21-16-9-14(13(18)8-12(16)17)19-15(11(3)4)10-20-6-2/h8-9,11,15,19H,5-7,10,18H2,1-4H3. The van der Waals surface area contributed by atoms with Crippen molar-refractivity contribution >= 4 is 11.4 Å². The molecule has 1 aromatic rings. The normalized spacial score (nSPS) is 12.5. The fourth-order valence-electron chi connectivity index (χ4n) is 1.86. The number of rotatable bonds is 9. The number of anilines is 2. The van der Waals surface area contributed by atoms with Gasteiger partial charge in [0.25, 0.3) is 0 Å². The van der Waals surface area contributed by atoms with Crippen LogP contribution in [0.25, 0.3) is 0 Å². The minimum Gasteiger partial charge on any atom is -0.490 e. The summed E-state index contributed by atoms with van der Waals surface area (Å²) in [5.74, 6) is 0.158. The molecule has 1 rings (SSSR count). The van der Waals surface area contributed by atoms with E-state index in [9.17, 15) is 4.39 Å². The molecule has 120 valence electrons. The van der Waals surface area contributed by atoms with Gasteiger partial charge in [-0.2, -0.15) is 0 Å². The van der Waals surface area contributed by atoms with Crippen LogP contribution in [-0.2, 0) is 4.74 Å². The number of nitrogens with one attached hydrogen (secondary N) is 1. The number of nitrogen functional groups attached to an aromatic ring is 1. The average Bonchev–Trinajstić information content (AvgIpc) is 2.44. The Balaban J connectivity index is 2.89. The predicted octanol–water partition coefficient (Wildman–Crippen LogP) is 3.67. The largest absolute Gasteiger partial charge is 0.490 e. The molecule has 4 nitrogen and oxygen atoms in total. The van der Waals surface area contributed by atoms with Gasteiger partial charge in [-0.25, -0.2) is 4.39 Å². The first-order valence-corrected chi connectivity index (χ1v) is 7.55. The Morgan fingerprint density at radius 2 is 2.00 bits per heavy atom. The molecule has 0 saturated carbocycles. The molecular formula is C16H27FN2O2. The summed E-state index contributed by atoms with van der Waals surface area (Å²) >= 11 is 0. The van der Waals surface area contributed by atoms with Gasteiger partial charge in [0.1, 0.15) is 0 Å². The second-order valence-electron chi connectivity index (χ2n) is 5.37. The summed E-state index contributed by atoms with van der Waals surface area (Å²) in [5, 5.41) is 3.33. The van der Waals surface area contributed by atoms with E-state index >= 15 is 0 Å². The SMILES string of the molecule is CCCOc1cc(NC(COCC)C(C)C)c(N)cc1F. The minimum absolute atomic E-state index is 0.108. The highest BCUT2D eigenvalue weighted by atomic mass is 19.1. The van der Waals surface area contributed by atoms with Crippen molar-refractivity contribution in [3.05, 3.63) is 17.9 Å². The molecule has 0 saturated heterocycles. The van der Waals surface area contributed by atoms with Crippen molar-refractivity contribution in [3.63, 3.8) is 0 Å². The fourth-order valence-corrected chi connectivity index (χ4v) is 1.86. The molecular weight excluding hydrogens is 271 g/mol. The lowest BCUT2D eigenvalue weighted by atomic mass is 10.0. The summed E-state index contributed by atoms with van der Waals surface area (Å²) in [5.41, 5.74) is 6.95.